The number of fused-ring (bicyclic) bond motifs is 1. The molecule has 0 radical (unpaired) electrons. The molecule has 1 N–H and O–H groups in total. The van der Waals surface area contributed by atoms with Crippen LogP contribution in [-0.4, -0.2) is 26.9 Å². The van der Waals surface area contributed by atoms with Crippen molar-refractivity contribution in [1.82, 2.24) is 14.3 Å². The Morgan fingerprint density at radius 2 is 1.94 bits per heavy atom. The molecule has 0 spiro atoms. The molecule has 1 aliphatic heterocycles. The molecular formula is C28H27N5S. The van der Waals surface area contributed by atoms with E-state index < -0.39 is 0 Å². The summed E-state index contributed by atoms with van der Waals surface area (Å²) in [5.74, 6) is 0. The van der Waals surface area contributed by atoms with E-state index in [0.717, 1.165) is 31.7 Å². The molecule has 0 saturated carbocycles. The maximum Gasteiger partial charge on any atom is 0.0991 e. The SMILES string of the molecule is Cc1ccccc1CN(Sc1ccccc1)C1Cc2cc(C#N)ccc2N(Cc2cnc[nH]2)C1. The van der Waals surface area contributed by atoms with Crippen LogP contribution in [0.15, 0.2) is 90.2 Å². The number of H-pyrrole nitrogens is 1. The molecule has 1 aromatic heterocycles. The number of imidazole rings is 1. The first-order valence-corrected chi connectivity index (χ1v) is 12.3. The molecule has 0 saturated heterocycles. The average Bonchev–Trinajstić information content (AvgIpc) is 3.38. The summed E-state index contributed by atoms with van der Waals surface area (Å²) in [6.07, 6.45) is 4.51. The zero-order chi connectivity index (χ0) is 23.3. The molecular weight excluding hydrogens is 438 g/mol. The minimum Gasteiger partial charge on any atom is -0.364 e. The van der Waals surface area contributed by atoms with E-state index in [4.69, 9.17) is 0 Å². The molecule has 170 valence electrons. The summed E-state index contributed by atoms with van der Waals surface area (Å²) in [6, 6.07) is 27.9. The van der Waals surface area contributed by atoms with Crippen molar-refractivity contribution in [2.45, 2.75) is 37.4 Å². The van der Waals surface area contributed by atoms with Crippen molar-refractivity contribution in [3.8, 4) is 6.07 Å². The average molecular weight is 466 g/mol. The Kier molecular flexibility index (Phi) is 6.66. The molecule has 6 heteroatoms. The summed E-state index contributed by atoms with van der Waals surface area (Å²) in [5.41, 5.74) is 6.85. The van der Waals surface area contributed by atoms with Gasteiger partial charge in [0.15, 0.2) is 0 Å². The third kappa shape index (κ3) is 5.01. The molecule has 0 amide bonds. The third-order valence-corrected chi connectivity index (χ3v) is 7.46. The molecule has 4 aromatic rings. The monoisotopic (exact) mass is 465 g/mol. The second kappa shape index (κ2) is 10.2. The molecule has 34 heavy (non-hydrogen) atoms. The number of rotatable bonds is 7. The van der Waals surface area contributed by atoms with Crippen LogP contribution in [0.1, 0.15) is 27.9 Å². The molecule has 1 atom stereocenters. The molecule has 1 aliphatic rings. The molecule has 3 aromatic carbocycles. The number of aryl methyl sites for hydroxylation is 1. The lowest BCUT2D eigenvalue weighted by molar-refractivity contribution is 0.332. The van der Waals surface area contributed by atoms with Crippen molar-refractivity contribution in [3.05, 3.63) is 113 Å². The maximum absolute atomic E-state index is 9.52. The maximum atomic E-state index is 9.52. The highest BCUT2D eigenvalue weighted by Crippen LogP contribution is 2.36. The number of nitrogens with zero attached hydrogens (tertiary/aromatic N) is 4. The topological polar surface area (TPSA) is 59.0 Å². The number of nitriles is 1. The highest BCUT2D eigenvalue weighted by molar-refractivity contribution is 7.97. The van der Waals surface area contributed by atoms with E-state index in [0.29, 0.717) is 5.56 Å². The number of anilines is 1. The predicted octanol–water partition coefficient (Wildman–Crippen LogP) is 5.73. The summed E-state index contributed by atoms with van der Waals surface area (Å²) < 4.78 is 2.51. The van der Waals surface area contributed by atoms with E-state index in [2.05, 4.69) is 98.9 Å². The highest BCUT2D eigenvalue weighted by Gasteiger charge is 2.30. The number of benzene rings is 3. The molecule has 1 unspecified atom stereocenters. The number of aromatic amines is 1. The molecule has 0 fully saturated rings. The lowest BCUT2D eigenvalue weighted by Gasteiger charge is -2.41. The van der Waals surface area contributed by atoms with Crippen molar-refractivity contribution < 1.29 is 0 Å². The highest BCUT2D eigenvalue weighted by atomic mass is 32.2. The zero-order valence-corrected chi connectivity index (χ0v) is 20.0. The smallest absolute Gasteiger partial charge is 0.0991 e. The zero-order valence-electron chi connectivity index (χ0n) is 19.2. The summed E-state index contributed by atoms with van der Waals surface area (Å²) in [4.78, 5) is 11.1. The molecule has 2 heterocycles. The van der Waals surface area contributed by atoms with Crippen molar-refractivity contribution >= 4 is 17.6 Å². The molecule has 5 nitrogen and oxygen atoms in total. The van der Waals surface area contributed by atoms with Gasteiger partial charge in [0, 0.05) is 35.9 Å². The number of hydrogen-bond acceptors (Lipinski definition) is 5. The van der Waals surface area contributed by atoms with Crippen LogP contribution in [0.4, 0.5) is 5.69 Å². The van der Waals surface area contributed by atoms with Crippen molar-refractivity contribution in [1.29, 1.82) is 5.26 Å². The van der Waals surface area contributed by atoms with Gasteiger partial charge >= 0.3 is 0 Å². The van der Waals surface area contributed by atoms with Crippen molar-refractivity contribution in [2.75, 3.05) is 11.4 Å². The summed E-state index contributed by atoms with van der Waals surface area (Å²) in [6.45, 7) is 4.68. The lowest BCUT2D eigenvalue weighted by atomic mass is 9.95. The van der Waals surface area contributed by atoms with Crippen LogP contribution in [-0.2, 0) is 19.5 Å². The van der Waals surface area contributed by atoms with E-state index in [1.54, 1.807) is 6.33 Å². The first-order chi connectivity index (χ1) is 16.7. The summed E-state index contributed by atoms with van der Waals surface area (Å²) >= 11 is 1.81. The van der Waals surface area contributed by atoms with Gasteiger partial charge in [0.1, 0.15) is 0 Å². The second-order valence-electron chi connectivity index (χ2n) is 8.68. The van der Waals surface area contributed by atoms with Gasteiger partial charge in [0.05, 0.1) is 30.2 Å². The Bertz CT molecular complexity index is 1280. The van der Waals surface area contributed by atoms with Gasteiger partial charge in [-0.3, -0.25) is 0 Å². The molecule has 0 bridgehead atoms. The molecule has 0 aliphatic carbocycles. The fraction of sp³-hybridized carbons (Fsp3) is 0.214. The minimum absolute atomic E-state index is 0.272. The van der Waals surface area contributed by atoms with Gasteiger partial charge in [-0.1, -0.05) is 42.5 Å². The first-order valence-electron chi connectivity index (χ1n) is 11.5. The first kappa shape index (κ1) is 22.3. The number of nitrogens with one attached hydrogen (secondary N) is 1. The van der Waals surface area contributed by atoms with Gasteiger partial charge in [-0.15, -0.1) is 0 Å². The van der Waals surface area contributed by atoms with E-state index in [1.807, 2.05) is 24.2 Å². The van der Waals surface area contributed by atoms with Crippen LogP contribution in [0, 0.1) is 18.3 Å². The van der Waals surface area contributed by atoms with Crippen LogP contribution in [0.3, 0.4) is 0 Å². The van der Waals surface area contributed by atoms with Gasteiger partial charge in [0.2, 0.25) is 0 Å². The third-order valence-electron chi connectivity index (χ3n) is 6.31. The summed E-state index contributed by atoms with van der Waals surface area (Å²) in [7, 11) is 0. The predicted molar refractivity (Wildman–Crippen MR) is 137 cm³/mol. The Hall–Kier alpha value is -3.53. The minimum atomic E-state index is 0.272. The van der Waals surface area contributed by atoms with E-state index in [-0.39, 0.29) is 6.04 Å². The van der Waals surface area contributed by atoms with Gasteiger partial charge < -0.3 is 9.88 Å². The standard InChI is InChI=1S/C28H27N5S/c1-21-7-5-6-8-23(21)17-33(34-27-9-3-2-4-10-27)26-14-24-13-22(15-29)11-12-28(24)32(19-26)18-25-16-30-20-31-25/h2-13,16,20,26H,14,17-19H2,1H3,(H,30,31). The lowest BCUT2D eigenvalue weighted by Crippen LogP contribution is -2.45. The fourth-order valence-electron chi connectivity index (χ4n) is 4.53. The molecule has 5 rings (SSSR count). The van der Waals surface area contributed by atoms with Crippen molar-refractivity contribution in [2.24, 2.45) is 0 Å². The second-order valence-corrected chi connectivity index (χ2v) is 9.80. The van der Waals surface area contributed by atoms with Crippen molar-refractivity contribution in [3.63, 3.8) is 0 Å². The summed E-state index contributed by atoms with van der Waals surface area (Å²) in [5, 5.41) is 9.52. The van der Waals surface area contributed by atoms with E-state index in [9.17, 15) is 5.26 Å². The van der Waals surface area contributed by atoms with Crippen LogP contribution in [0.5, 0.6) is 0 Å². The van der Waals surface area contributed by atoms with Crippen LogP contribution < -0.4 is 4.90 Å². The van der Waals surface area contributed by atoms with E-state index >= 15 is 0 Å². The Balaban J connectivity index is 1.50. The Labute approximate surface area is 205 Å². The number of aromatic nitrogens is 2. The van der Waals surface area contributed by atoms with E-state index in [1.165, 1.54) is 27.3 Å². The Morgan fingerprint density at radius 1 is 1.12 bits per heavy atom. The van der Waals surface area contributed by atoms with Crippen LogP contribution in [0.2, 0.25) is 0 Å². The largest absolute Gasteiger partial charge is 0.364 e. The van der Waals surface area contributed by atoms with Gasteiger partial charge in [-0.05, 0) is 72.3 Å². The van der Waals surface area contributed by atoms with Crippen LogP contribution >= 0.6 is 11.9 Å². The Morgan fingerprint density at radius 3 is 2.71 bits per heavy atom. The van der Waals surface area contributed by atoms with Crippen LogP contribution in [0.25, 0.3) is 0 Å². The van der Waals surface area contributed by atoms with Gasteiger partial charge in [0.25, 0.3) is 0 Å². The normalized spacial score (nSPS) is 15.2. The number of hydrogen-bond donors (Lipinski definition) is 1. The van der Waals surface area contributed by atoms with Gasteiger partial charge in [-0.25, -0.2) is 9.29 Å². The fourth-order valence-corrected chi connectivity index (χ4v) is 5.57. The quantitative estimate of drug-likeness (QED) is 0.353. The van der Waals surface area contributed by atoms with Gasteiger partial charge in [-0.2, -0.15) is 5.26 Å².